The third-order valence-corrected chi connectivity index (χ3v) is 5.70. The molecule has 0 fully saturated rings. The lowest BCUT2D eigenvalue weighted by molar-refractivity contribution is 0.0600. The zero-order valence-electron chi connectivity index (χ0n) is 16.8. The lowest BCUT2D eigenvalue weighted by Crippen LogP contribution is -2.15. The average molecular weight is 440 g/mol. The molecule has 3 aromatic carbocycles. The molecule has 3 rings (SSSR count). The average Bonchev–Trinajstić information content (AvgIpc) is 2.79. The van der Waals surface area contributed by atoms with Crippen molar-refractivity contribution in [3.63, 3.8) is 0 Å². The van der Waals surface area contributed by atoms with Crippen molar-refractivity contribution in [1.82, 2.24) is 0 Å². The summed E-state index contributed by atoms with van der Waals surface area (Å²) in [4.78, 5) is 24.6. The molecule has 0 atom stereocenters. The van der Waals surface area contributed by atoms with Gasteiger partial charge in [0.05, 0.1) is 30.4 Å². The monoisotopic (exact) mass is 440 g/mol. The normalized spacial score (nSPS) is 10.8. The summed E-state index contributed by atoms with van der Waals surface area (Å²) in [6, 6.07) is 18.4. The number of anilines is 2. The molecular formula is C22H20N2O6S. The fourth-order valence-corrected chi connectivity index (χ4v) is 3.85. The number of sulfonamides is 1. The van der Waals surface area contributed by atoms with Crippen molar-refractivity contribution in [3.8, 4) is 5.75 Å². The van der Waals surface area contributed by atoms with E-state index < -0.39 is 21.9 Å². The summed E-state index contributed by atoms with van der Waals surface area (Å²) in [5.74, 6) is -0.724. The first-order chi connectivity index (χ1) is 14.8. The molecular weight excluding hydrogens is 420 g/mol. The Morgan fingerprint density at radius 2 is 1.58 bits per heavy atom. The molecule has 0 unspecified atom stereocenters. The molecule has 0 saturated heterocycles. The maximum atomic E-state index is 12.8. The van der Waals surface area contributed by atoms with Crippen LogP contribution in [0.3, 0.4) is 0 Å². The summed E-state index contributed by atoms with van der Waals surface area (Å²) in [5.41, 5.74) is 0.944. The van der Waals surface area contributed by atoms with Crippen LogP contribution in [-0.2, 0) is 14.8 Å². The van der Waals surface area contributed by atoms with E-state index in [0.29, 0.717) is 5.75 Å². The van der Waals surface area contributed by atoms with Gasteiger partial charge >= 0.3 is 5.97 Å². The van der Waals surface area contributed by atoms with Gasteiger partial charge in [-0.25, -0.2) is 13.2 Å². The number of hydrogen-bond donors (Lipinski definition) is 2. The predicted molar refractivity (Wildman–Crippen MR) is 116 cm³/mol. The number of carbonyl (C=O) groups excluding carboxylic acids is 2. The molecule has 0 aliphatic rings. The van der Waals surface area contributed by atoms with Gasteiger partial charge in [-0.1, -0.05) is 24.3 Å². The van der Waals surface area contributed by atoms with E-state index >= 15 is 0 Å². The zero-order chi connectivity index (χ0) is 22.4. The first-order valence-corrected chi connectivity index (χ1v) is 10.6. The van der Waals surface area contributed by atoms with Crippen LogP contribution >= 0.6 is 0 Å². The minimum Gasteiger partial charge on any atom is -0.495 e. The Morgan fingerprint density at radius 1 is 0.839 bits per heavy atom. The van der Waals surface area contributed by atoms with E-state index in [9.17, 15) is 18.0 Å². The molecule has 0 bridgehead atoms. The molecule has 8 nitrogen and oxygen atoms in total. The molecule has 9 heteroatoms. The summed E-state index contributed by atoms with van der Waals surface area (Å²) in [7, 11) is -1.11. The molecule has 0 aliphatic heterocycles. The van der Waals surface area contributed by atoms with Crippen molar-refractivity contribution in [2.75, 3.05) is 24.3 Å². The lowest BCUT2D eigenvalue weighted by atomic mass is 10.1. The van der Waals surface area contributed by atoms with E-state index in [-0.39, 0.29) is 27.4 Å². The first-order valence-electron chi connectivity index (χ1n) is 9.09. The Morgan fingerprint density at radius 3 is 2.26 bits per heavy atom. The van der Waals surface area contributed by atoms with E-state index in [0.717, 1.165) is 0 Å². The van der Waals surface area contributed by atoms with Crippen molar-refractivity contribution >= 4 is 33.3 Å². The van der Waals surface area contributed by atoms with E-state index in [4.69, 9.17) is 9.47 Å². The van der Waals surface area contributed by atoms with E-state index in [1.165, 1.54) is 62.8 Å². The molecule has 0 aromatic heterocycles. The zero-order valence-corrected chi connectivity index (χ0v) is 17.6. The molecule has 31 heavy (non-hydrogen) atoms. The summed E-state index contributed by atoms with van der Waals surface area (Å²) in [6.45, 7) is 0. The fourth-order valence-electron chi connectivity index (χ4n) is 2.78. The van der Waals surface area contributed by atoms with Crippen LogP contribution in [0.15, 0.2) is 77.7 Å². The van der Waals surface area contributed by atoms with Crippen LogP contribution in [0, 0.1) is 0 Å². The summed E-state index contributed by atoms with van der Waals surface area (Å²) in [6.07, 6.45) is 0. The molecule has 1 amide bonds. The van der Waals surface area contributed by atoms with Crippen LogP contribution in [0.2, 0.25) is 0 Å². The van der Waals surface area contributed by atoms with Crippen LogP contribution in [0.5, 0.6) is 5.75 Å². The van der Waals surface area contributed by atoms with Crippen molar-refractivity contribution in [2.24, 2.45) is 0 Å². The Labute approximate surface area is 179 Å². The second kappa shape index (κ2) is 9.31. The number of amides is 1. The highest BCUT2D eigenvalue weighted by Gasteiger charge is 2.16. The minimum atomic E-state index is -3.80. The van der Waals surface area contributed by atoms with E-state index in [1.807, 2.05) is 0 Å². The summed E-state index contributed by atoms with van der Waals surface area (Å²) >= 11 is 0. The fraction of sp³-hybridized carbons (Fsp3) is 0.0909. The van der Waals surface area contributed by atoms with Gasteiger partial charge in [0.25, 0.3) is 15.9 Å². The van der Waals surface area contributed by atoms with Gasteiger partial charge in [-0.05, 0) is 48.5 Å². The highest BCUT2D eigenvalue weighted by atomic mass is 32.2. The molecule has 0 heterocycles. The first kappa shape index (κ1) is 21.8. The van der Waals surface area contributed by atoms with E-state index in [2.05, 4.69) is 10.0 Å². The molecule has 0 radical (unpaired) electrons. The standard InChI is InChI=1S/C22H20N2O6S/c1-29-20-12-11-16(22(26)30-2)14-19(20)23-21(25)15-7-6-8-17(13-15)24-31(27,28)18-9-4-3-5-10-18/h3-14,24H,1-2H3,(H,23,25). The molecule has 0 aliphatic carbocycles. The van der Waals surface area contributed by atoms with Crippen LogP contribution in [0.4, 0.5) is 11.4 Å². The van der Waals surface area contributed by atoms with Crippen LogP contribution < -0.4 is 14.8 Å². The number of rotatable bonds is 7. The number of carbonyl (C=O) groups is 2. The van der Waals surface area contributed by atoms with Gasteiger partial charge in [0.2, 0.25) is 0 Å². The maximum Gasteiger partial charge on any atom is 0.337 e. The molecule has 0 spiro atoms. The third-order valence-electron chi connectivity index (χ3n) is 4.30. The van der Waals surface area contributed by atoms with Crippen LogP contribution in [0.25, 0.3) is 0 Å². The quantitative estimate of drug-likeness (QED) is 0.544. The minimum absolute atomic E-state index is 0.106. The SMILES string of the molecule is COC(=O)c1ccc(OC)c(NC(=O)c2cccc(NS(=O)(=O)c3ccccc3)c2)c1. The van der Waals surface area contributed by atoms with Gasteiger partial charge in [0.1, 0.15) is 5.75 Å². The van der Waals surface area contributed by atoms with Crippen molar-refractivity contribution < 1.29 is 27.5 Å². The van der Waals surface area contributed by atoms with Gasteiger partial charge in [0, 0.05) is 11.3 Å². The Kier molecular flexibility index (Phi) is 6.56. The third kappa shape index (κ3) is 5.20. The summed E-state index contributed by atoms with van der Waals surface area (Å²) < 4.78 is 37.4. The summed E-state index contributed by atoms with van der Waals surface area (Å²) in [5, 5.41) is 2.67. The van der Waals surface area contributed by atoms with Gasteiger partial charge in [-0.15, -0.1) is 0 Å². The lowest BCUT2D eigenvalue weighted by Gasteiger charge is -2.13. The maximum absolute atomic E-state index is 12.8. The number of ether oxygens (including phenoxy) is 2. The largest absolute Gasteiger partial charge is 0.495 e. The molecule has 3 aromatic rings. The predicted octanol–water partition coefficient (Wildman–Crippen LogP) is 3.53. The van der Waals surface area contributed by atoms with Crippen molar-refractivity contribution in [1.29, 1.82) is 0 Å². The van der Waals surface area contributed by atoms with E-state index in [1.54, 1.807) is 24.3 Å². The van der Waals surface area contributed by atoms with Crippen molar-refractivity contribution in [2.45, 2.75) is 4.90 Å². The van der Waals surface area contributed by atoms with Gasteiger partial charge in [-0.3, -0.25) is 9.52 Å². The number of methoxy groups -OCH3 is 2. The van der Waals surface area contributed by atoms with Gasteiger partial charge in [0.15, 0.2) is 0 Å². The van der Waals surface area contributed by atoms with Crippen LogP contribution in [0.1, 0.15) is 20.7 Å². The smallest absolute Gasteiger partial charge is 0.337 e. The number of nitrogens with one attached hydrogen (secondary N) is 2. The number of benzene rings is 3. The van der Waals surface area contributed by atoms with Crippen LogP contribution in [-0.4, -0.2) is 34.5 Å². The topological polar surface area (TPSA) is 111 Å². The second-order valence-electron chi connectivity index (χ2n) is 6.36. The highest BCUT2D eigenvalue weighted by molar-refractivity contribution is 7.92. The number of esters is 1. The second-order valence-corrected chi connectivity index (χ2v) is 8.04. The Hall–Kier alpha value is -3.85. The highest BCUT2D eigenvalue weighted by Crippen LogP contribution is 2.27. The van der Waals surface area contributed by atoms with Crippen molar-refractivity contribution in [3.05, 3.63) is 83.9 Å². The Bertz CT molecular complexity index is 1210. The van der Waals surface area contributed by atoms with Gasteiger partial charge in [-0.2, -0.15) is 0 Å². The molecule has 2 N–H and O–H groups in total. The molecule has 160 valence electrons. The Balaban J connectivity index is 1.83. The molecule has 0 saturated carbocycles. The van der Waals surface area contributed by atoms with Gasteiger partial charge < -0.3 is 14.8 Å². The number of hydrogen-bond acceptors (Lipinski definition) is 6.